The van der Waals surface area contributed by atoms with Gasteiger partial charge in [-0.2, -0.15) is 0 Å². The third kappa shape index (κ3) is 5.45. The standard InChI is InChI=1S/C21H31N3O3/c1-2-23(21(26)17-6-4-3-5-7-17)16-20(25)22-18-8-10-19(11-9-18)24-12-14-27-15-13-24/h8-11,17H,2-7,12-16H2,1H3,(H,22,25). The number of amides is 2. The van der Waals surface area contributed by atoms with Crippen molar-refractivity contribution in [3.8, 4) is 0 Å². The van der Waals surface area contributed by atoms with E-state index in [1.165, 1.54) is 6.42 Å². The van der Waals surface area contributed by atoms with Gasteiger partial charge in [0.05, 0.1) is 19.8 Å². The number of hydrogen-bond acceptors (Lipinski definition) is 4. The molecular formula is C21H31N3O3. The second kappa shape index (κ2) is 9.74. The molecule has 1 N–H and O–H groups in total. The first-order chi connectivity index (χ1) is 13.2. The molecule has 0 unspecified atom stereocenters. The van der Waals surface area contributed by atoms with Crippen LogP contribution in [-0.2, 0) is 14.3 Å². The lowest BCUT2D eigenvalue weighted by Crippen LogP contribution is -2.41. The molecule has 0 aromatic heterocycles. The van der Waals surface area contributed by atoms with Crippen LogP contribution in [0.1, 0.15) is 39.0 Å². The average molecular weight is 373 g/mol. The quantitative estimate of drug-likeness (QED) is 0.833. The SMILES string of the molecule is CCN(CC(=O)Nc1ccc(N2CCOCC2)cc1)C(=O)C1CCCCC1. The fraction of sp³-hybridized carbons (Fsp3) is 0.619. The van der Waals surface area contributed by atoms with Gasteiger partial charge in [-0.3, -0.25) is 9.59 Å². The van der Waals surface area contributed by atoms with Crippen molar-refractivity contribution in [3.05, 3.63) is 24.3 Å². The van der Waals surface area contributed by atoms with Gasteiger partial charge in [-0.05, 0) is 44.0 Å². The number of hydrogen-bond donors (Lipinski definition) is 1. The molecule has 2 amide bonds. The molecule has 0 atom stereocenters. The first-order valence-electron chi connectivity index (χ1n) is 10.2. The van der Waals surface area contributed by atoms with Gasteiger partial charge in [-0.1, -0.05) is 19.3 Å². The van der Waals surface area contributed by atoms with E-state index in [1.807, 2.05) is 31.2 Å². The molecule has 2 aliphatic rings. The molecular weight excluding hydrogens is 342 g/mol. The van der Waals surface area contributed by atoms with Gasteiger partial charge in [0.1, 0.15) is 0 Å². The largest absolute Gasteiger partial charge is 0.378 e. The van der Waals surface area contributed by atoms with Crippen molar-refractivity contribution in [2.24, 2.45) is 5.92 Å². The van der Waals surface area contributed by atoms with Crippen LogP contribution < -0.4 is 10.2 Å². The number of nitrogens with zero attached hydrogens (tertiary/aromatic N) is 2. The minimum Gasteiger partial charge on any atom is -0.378 e. The van der Waals surface area contributed by atoms with Gasteiger partial charge in [0, 0.05) is 36.9 Å². The first-order valence-corrected chi connectivity index (χ1v) is 10.2. The van der Waals surface area contributed by atoms with E-state index < -0.39 is 0 Å². The normalized spacial score (nSPS) is 18.2. The lowest BCUT2D eigenvalue weighted by atomic mass is 9.88. The fourth-order valence-corrected chi connectivity index (χ4v) is 3.90. The maximum atomic E-state index is 12.7. The highest BCUT2D eigenvalue weighted by Gasteiger charge is 2.26. The Morgan fingerprint density at radius 2 is 1.78 bits per heavy atom. The molecule has 1 saturated carbocycles. The van der Waals surface area contributed by atoms with E-state index in [2.05, 4.69) is 10.2 Å². The summed E-state index contributed by atoms with van der Waals surface area (Å²) in [5, 5.41) is 2.92. The number of morpholine rings is 1. The van der Waals surface area contributed by atoms with Gasteiger partial charge in [-0.25, -0.2) is 0 Å². The molecule has 1 aromatic carbocycles. The molecule has 1 heterocycles. The molecule has 27 heavy (non-hydrogen) atoms. The molecule has 1 aliphatic heterocycles. The Hall–Kier alpha value is -2.08. The Kier molecular flexibility index (Phi) is 7.10. The van der Waals surface area contributed by atoms with Gasteiger partial charge in [0.2, 0.25) is 11.8 Å². The van der Waals surface area contributed by atoms with Crippen LogP contribution in [0.3, 0.4) is 0 Å². The molecule has 1 saturated heterocycles. The molecule has 0 bridgehead atoms. The summed E-state index contributed by atoms with van der Waals surface area (Å²) in [4.78, 5) is 29.1. The van der Waals surface area contributed by atoms with Gasteiger partial charge < -0.3 is 19.9 Å². The van der Waals surface area contributed by atoms with Crippen LogP contribution in [-0.4, -0.2) is 56.1 Å². The smallest absolute Gasteiger partial charge is 0.243 e. The van der Waals surface area contributed by atoms with Gasteiger partial charge >= 0.3 is 0 Å². The maximum absolute atomic E-state index is 12.7. The highest BCUT2D eigenvalue weighted by atomic mass is 16.5. The Morgan fingerprint density at radius 3 is 2.41 bits per heavy atom. The van der Waals surface area contributed by atoms with Crippen molar-refractivity contribution in [3.63, 3.8) is 0 Å². The maximum Gasteiger partial charge on any atom is 0.243 e. The van der Waals surface area contributed by atoms with Crippen molar-refractivity contribution >= 4 is 23.2 Å². The zero-order valence-electron chi connectivity index (χ0n) is 16.3. The van der Waals surface area contributed by atoms with Crippen LogP contribution in [0.25, 0.3) is 0 Å². The number of anilines is 2. The average Bonchev–Trinajstić information content (AvgIpc) is 2.73. The van der Waals surface area contributed by atoms with Crippen LogP contribution in [0.4, 0.5) is 11.4 Å². The number of ether oxygens (including phenoxy) is 1. The van der Waals surface area contributed by atoms with Crippen LogP contribution in [0.2, 0.25) is 0 Å². The molecule has 1 aromatic rings. The molecule has 1 aliphatic carbocycles. The number of likely N-dealkylation sites (N-methyl/N-ethyl adjacent to an activating group) is 1. The monoisotopic (exact) mass is 373 g/mol. The van der Waals surface area contributed by atoms with E-state index in [0.29, 0.717) is 6.54 Å². The molecule has 0 radical (unpaired) electrons. The second-order valence-corrected chi connectivity index (χ2v) is 7.38. The Bertz CT molecular complexity index is 620. The number of carbonyl (C=O) groups is 2. The zero-order chi connectivity index (χ0) is 19.1. The third-order valence-electron chi connectivity index (χ3n) is 5.51. The van der Waals surface area contributed by atoms with E-state index >= 15 is 0 Å². The van der Waals surface area contributed by atoms with Crippen molar-refractivity contribution in [1.82, 2.24) is 4.90 Å². The lowest BCUT2D eigenvalue weighted by molar-refractivity contribution is -0.139. The van der Waals surface area contributed by atoms with Gasteiger partial charge in [0.25, 0.3) is 0 Å². The zero-order valence-corrected chi connectivity index (χ0v) is 16.3. The summed E-state index contributed by atoms with van der Waals surface area (Å²) in [6.07, 6.45) is 5.38. The summed E-state index contributed by atoms with van der Waals surface area (Å²) in [6.45, 7) is 5.91. The van der Waals surface area contributed by atoms with Crippen LogP contribution >= 0.6 is 0 Å². The summed E-state index contributed by atoms with van der Waals surface area (Å²) in [5.74, 6) is 0.0921. The summed E-state index contributed by atoms with van der Waals surface area (Å²) in [5.41, 5.74) is 1.90. The van der Waals surface area contributed by atoms with E-state index in [4.69, 9.17) is 4.74 Å². The Balaban J connectivity index is 1.52. The molecule has 6 nitrogen and oxygen atoms in total. The minimum atomic E-state index is -0.139. The predicted octanol–water partition coefficient (Wildman–Crippen LogP) is 2.89. The van der Waals surface area contributed by atoms with Crippen molar-refractivity contribution in [1.29, 1.82) is 0 Å². The topological polar surface area (TPSA) is 61.9 Å². The molecule has 2 fully saturated rings. The fourth-order valence-electron chi connectivity index (χ4n) is 3.90. The van der Waals surface area contributed by atoms with Crippen molar-refractivity contribution in [2.75, 3.05) is 49.6 Å². The van der Waals surface area contributed by atoms with Crippen molar-refractivity contribution in [2.45, 2.75) is 39.0 Å². The highest BCUT2D eigenvalue weighted by Crippen LogP contribution is 2.25. The summed E-state index contributed by atoms with van der Waals surface area (Å²) in [6, 6.07) is 7.88. The number of benzene rings is 1. The third-order valence-corrected chi connectivity index (χ3v) is 5.51. The predicted molar refractivity (Wildman–Crippen MR) is 107 cm³/mol. The molecule has 6 heteroatoms. The number of nitrogens with one attached hydrogen (secondary N) is 1. The molecule has 3 rings (SSSR count). The van der Waals surface area contributed by atoms with E-state index in [0.717, 1.165) is 63.4 Å². The highest BCUT2D eigenvalue weighted by molar-refractivity contribution is 5.95. The van der Waals surface area contributed by atoms with E-state index in [1.54, 1.807) is 4.90 Å². The first kappa shape index (κ1) is 19.7. The molecule has 148 valence electrons. The van der Waals surface area contributed by atoms with Crippen molar-refractivity contribution < 1.29 is 14.3 Å². The van der Waals surface area contributed by atoms with E-state index in [9.17, 15) is 9.59 Å². The van der Waals surface area contributed by atoms with Crippen LogP contribution in [0.5, 0.6) is 0 Å². The minimum absolute atomic E-state index is 0.0966. The number of carbonyl (C=O) groups excluding carboxylic acids is 2. The van der Waals surface area contributed by atoms with Gasteiger partial charge in [-0.15, -0.1) is 0 Å². The summed E-state index contributed by atoms with van der Waals surface area (Å²) < 4.78 is 5.38. The Labute approximate surface area is 161 Å². The number of rotatable bonds is 6. The van der Waals surface area contributed by atoms with E-state index in [-0.39, 0.29) is 24.3 Å². The summed E-state index contributed by atoms with van der Waals surface area (Å²) in [7, 11) is 0. The van der Waals surface area contributed by atoms with Crippen LogP contribution in [0, 0.1) is 5.92 Å². The molecule has 0 spiro atoms. The summed E-state index contributed by atoms with van der Waals surface area (Å²) >= 11 is 0. The second-order valence-electron chi connectivity index (χ2n) is 7.38. The lowest BCUT2D eigenvalue weighted by Gasteiger charge is -2.29. The van der Waals surface area contributed by atoms with Crippen LogP contribution in [0.15, 0.2) is 24.3 Å². The Morgan fingerprint density at radius 1 is 1.11 bits per heavy atom. The van der Waals surface area contributed by atoms with Gasteiger partial charge in [0.15, 0.2) is 0 Å².